The Bertz CT molecular complexity index is 1250. The van der Waals surface area contributed by atoms with Gasteiger partial charge in [0.25, 0.3) is 15.9 Å². The maximum absolute atomic E-state index is 13.1. The van der Waals surface area contributed by atoms with Crippen molar-refractivity contribution in [3.05, 3.63) is 84.9 Å². The Hall–Kier alpha value is -3.58. The first-order valence-electron chi connectivity index (χ1n) is 9.87. The number of nitrogens with one attached hydrogen (secondary N) is 1. The number of carbonyl (C=O) groups is 1. The van der Waals surface area contributed by atoms with Crippen LogP contribution in [0.25, 0.3) is 11.1 Å². The topological polar surface area (TPSA) is 75.7 Å². The van der Waals surface area contributed by atoms with E-state index in [-0.39, 0.29) is 17.3 Å². The molecule has 0 bridgehead atoms. The summed E-state index contributed by atoms with van der Waals surface area (Å²) in [7, 11) is -3.70. The second-order valence-electron chi connectivity index (χ2n) is 6.96. The van der Waals surface area contributed by atoms with Gasteiger partial charge in [0.15, 0.2) is 0 Å². The van der Waals surface area contributed by atoms with Crippen molar-refractivity contribution >= 4 is 27.3 Å². The highest BCUT2D eigenvalue weighted by Crippen LogP contribution is 2.43. The van der Waals surface area contributed by atoms with Crippen LogP contribution in [0.2, 0.25) is 0 Å². The van der Waals surface area contributed by atoms with Gasteiger partial charge in [-0.1, -0.05) is 24.3 Å². The van der Waals surface area contributed by atoms with Gasteiger partial charge in [-0.2, -0.15) is 0 Å². The first-order chi connectivity index (χ1) is 15.0. The van der Waals surface area contributed by atoms with E-state index in [1.807, 2.05) is 6.92 Å². The zero-order valence-corrected chi connectivity index (χ0v) is 17.9. The van der Waals surface area contributed by atoms with Crippen molar-refractivity contribution in [1.82, 2.24) is 0 Å². The predicted molar refractivity (Wildman–Crippen MR) is 122 cm³/mol. The summed E-state index contributed by atoms with van der Waals surface area (Å²) in [5.41, 5.74) is 2.86. The molecule has 0 saturated carbocycles. The third kappa shape index (κ3) is 3.80. The van der Waals surface area contributed by atoms with Crippen molar-refractivity contribution in [3.8, 4) is 16.9 Å². The minimum absolute atomic E-state index is 0.140. The quantitative estimate of drug-likeness (QED) is 0.571. The number of ether oxygens (including phenoxy) is 1. The fraction of sp³-hybridized carbons (Fsp3) is 0.125. The van der Waals surface area contributed by atoms with E-state index in [0.29, 0.717) is 34.7 Å². The molecule has 0 atom stereocenters. The Morgan fingerprint density at radius 3 is 2.52 bits per heavy atom. The van der Waals surface area contributed by atoms with Gasteiger partial charge in [-0.3, -0.25) is 9.10 Å². The van der Waals surface area contributed by atoms with E-state index in [1.54, 1.807) is 72.8 Å². The fourth-order valence-corrected chi connectivity index (χ4v) is 5.25. The molecule has 3 aromatic carbocycles. The minimum atomic E-state index is -3.70. The molecular weight excluding hydrogens is 412 g/mol. The highest BCUT2D eigenvalue weighted by Gasteiger charge is 2.34. The molecule has 1 heterocycles. The molecule has 31 heavy (non-hydrogen) atoms. The normalized spacial score (nSPS) is 13.6. The second kappa shape index (κ2) is 8.28. The zero-order chi connectivity index (χ0) is 22.0. The van der Waals surface area contributed by atoms with Crippen molar-refractivity contribution in [2.75, 3.05) is 22.8 Å². The molecule has 6 nitrogen and oxygen atoms in total. The van der Waals surface area contributed by atoms with Crippen molar-refractivity contribution in [1.29, 1.82) is 0 Å². The van der Waals surface area contributed by atoms with E-state index in [2.05, 4.69) is 11.9 Å². The van der Waals surface area contributed by atoms with Crippen LogP contribution >= 0.6 is 0 Å². The Morgan fingerprint density at radius 2 is 1.81 bits per heavy atom. The van der Waals surface area contributed by atoms with Crippen LogP contribution in [-0.4, -0.2) is 27.5 Å². The van der Waals surface area contributed by atoms with Crippen molar-refractivity contribution in [2.45, 2.75) is 11.8 Å². The summed E-state index contributed by atoms with van der Waals surface area (Å²) in [5, 5.41) is 2.87. The number of benzene rings is 3. The zero-order valence-electron chi connectivity index (χ0n) is 17.0. The summed E-state index contributed by atoms with van der Waals surface area (Å²) in [5.74, 6) is 0.447. The van der Waals surface area contributed by atoms with E-state index in [0.717, 1.165) is 5.75 Å². The molecule has 0 saturated heterocycles. The van der Waals surface area contributed by atoms with Crippen LogP contribution in [0.4, 0.5) is 11.4 Å². The number of anilines is 2. The number of amides is 1. The van der Waals surface area contributed by atoms with Crippen LogP contribution in [0, 0.1) is 0 Å². The van der Waals surface area contributed by atoms with Crippen LogP contribution in [0.5, 0.6) is 5.75 Å². The smallest absolute Gasteiger partial charge is 0.265 e. The lowest BCUT2D eigenvalue weighted by atomic mass is 10.00. The van der Waals surface area contributed by atoms with E-state index < -0.39 is 10.0 Å². The second-order valence-corrected chi connectivity index (χ2v) is 8.80. The van der Waals surface area contributed by atoms with Crippen LogP contribution in [0.3, 0.4) is 0 Å². The van der Waals surface area contributed by atoms with Gasteiger partial charge < -0.3 is 10.1 Å². The predicted octanol–water partition coefficient (Wildman–Crippen LogP) is 4.70. The molecule has 1 amide bonds. The summed E-state index contributed by atoms with van der Waals surface area (Å²) < 4.78 is 32.9. The summed E-state index contributed by atoms with van der Waals surface area (Å²) in [6.07, 6.45) is 1.54. The first-order valence-corrected chi connectivity index (χ1v) is 11.3. The minimum Gasteiger partial charge on any atom is -0.494 e. The maximum atomic E-state index is 13.1. The third-order valence-corrected chi connectivity index (χ3v) is 6.83. The summed E-state index contributed by atoms with van der Waals surface area (Å²) >= 11 is 0. The van der Waals surface area contributed by atoms with Gasteiger partial charge >= 0.3 is 0 Å². The van der Waals surface area contributed by atoms with Gasteiger partial charge in [-0.15, -0.1) is 6.58 Å². The molecule has 158 valence electrons. The molecule has 0 fully saturated rings. The van der Waals surface area contributed by atoms with Gasteiger partial charge in [0.1, 0.15) is 5.75 Å². The summed E-state index contributed by atoms with van der Waals surface area (Å²) in [6.45, 7) is 6.30. The Labute approximate surface area is 181 Å². The number of hydrogen-bond donors (Lipinski definition) is 1. The van der Waals surface area contributed by atoms with E-state index >= 15 is 0 Å². The third-order valence-electron chi connectivity index (χ3n) is 4.99. The lowest BCUT2D eigenvalue weighted by Gasteiger charge is -2.31. The highest BCUT2D eigenvalue weighted by atomic mass is 32.2. The molecule has 4 rings (SSSR count). The van der Waals surface area contributed by atoms with Gasteiger partial charge in [-0.05, 0) is 55.5 Å². The van der Waals surface area contributed by atoms with Gasteiger partial charge in [0.2, 0.25) is 0 Å². The molecule has 1 aliphatic heterocycles. The number of nitrogens with zero attached hydrogens (tertiary/aromatic N) is 1. The molecule has 0 unspecified atom stereocenters. The fourth-order valence-electron chi connectivity index (χ4n) is 3.59. The molecule has 1 N–H and O–H groups in total. The number of rotatable bonds is 6. The maximum Gasteiger partial charge on any atom is 0.265 e. The number of carbonyl (C=O) groups excluding carboxylic acids is 1. The van der Waals surface area contributed by atoms with Crippen molar-refractivity contribution in [2.24, 2.45) is 0 Å². The molecular formula is C24H22N2O4S. The molecule has 0 radical (unpaired) electrons. The molecule has 0 spiro atoms. The average molecular weight is 435 g/mol. The van der Waals surface area contributed by atoms with Crippen LogP contribution in [0.15, 0.2) is 84.3 Å². The summed E-state index contributed by atoms with van der Waals surface area (Å²) in [4.78, 5) is 13.1. The lowest BCUT2D eigenvalue weighted by molar-refractivity contribution is 0.102. The SMILES string of the molecule is C=CCN1c2ccc(C(=O)Nc3ccc(OCC)cc3)cc2-c2ccccc2S1(=O)=O. The monoisotopic (exact) mass is 434 g/mol. The number of sulfonamides is 1. The van der Waals surface area contributed by atoms with Gasteiger partial charge in [0.05, 0.1) is 23.7 Å². The Morgan fingerprint density at radius 1 is 1.06 bits per heavy atom. The van der Waals surface area contributed by atoms with Gasteiger partial charge in [0, 0.05) is 22.4 Å². The standard InChI is InChI=1S/C24H22N2O4S/c1-3-15-26-22-14-9-17(24(27)25-18-10-12-19(13-11-18)30-4-2)16-21(22)20-7-5-6-8-23(20)31(26,28)29/h3,5-14,16H,1,4,15H2,2H3,(H,25,27). The van der Waals surface area contributed by atoms with Crippen LogP contribution in [0.1, 0.15) is 17.3 Å². The van der Waals surface area contributed by atoms with Crippen molar-refractivity contribution < 1.29 is 17.9 Å². The average Bonchev–Trinajstić information content (AvgIpc) is 2.78. The van der Waals surface area contributed by atoms with Crippen molar-refractivity contribution in [3.63, 3.8) is 0 Å². The Balaban J connectivity index is 1.71. The molecule has 3 aromatic rings. The molecule has 7 heteroatoms. The van der Waals surface area contributed by atoms with E-state index in [1.165, 1.54) is 4.31 Å². The number of fused-ring (bicyclic) bond motifs is 3. The molecule has 1 aliphatic rings. The first kappa shape index (κ1) is 20.7. The van der Waals surface area contributed by atoms with Crippen LogP contribution in [-0.2, 0) is 10.0 Å². The van der Waals surface area contributed by atoms with Gasteiger partial charge in [-0.25, -0.2) is 8.42 Å². The van der Waals surface area contributed by atoms with E-state index in [9.17, 15) is 13.2 Å². The summed E-state index contributed by atoms with van der Waals surface area (Å²) in [6, 6.07) is 19.0. The van der Waals surface area contributed by atoms with Crippen LogP contribution < -0.4 is 14.4 Å². The largest absolute Gasteiger partial charge is 0.494 e. The highest BCUT2D eigenvalue weighted by molar-refractivity contribution is 7.93. The molecule has 0 aromatic heterocycles. The van der Waals surface area contributed by atoms with E-state index in [4.69, 9.17) is 4.74 Å². The Kier molecular flexibility index (Phi) is 5.52. The molecule has 0 aliphatic carbocycles. The number of hydrogen-bond acceptors (Lipinski definition) is 4. The lowest BCUT2D eigenvalue weighted by Crippen LogP contribution is -2.34.